The van der Waals surface area contributed by atoms with Crippen LogP contribution in [0.3, 0.4) is 0 Å². The lowest BCUT2D eigenvalue weighted by atomic mass is 9.80. The number of aliphatic hydroxyl groups is 1. The summed E-state index contributed by atoms with van der Waals surface area (Å²) in [6.07, 6.45) is 5.12. The van der Waals surface area contributed by atoms with Gasteiger partial charge in [-0.25, -0.2) is 0 Å². The number of hydrogen-bond acceptors (Lipinski definition) is 3. The first-order chi connectivity index (χ1) is 11.7. The molecule has 0 atom stereocenters. The highest BCUT2D eigenvalue weighted by atomic mass is 16.5. The number of likely N-dealkylation sites (tertiary alicyclic amines) is 1. The Kier molecular flexibility index (Phi) is 5.61. The van der Waals surface area contributed by atoms with Crippen LogP contribution in [0.2, 0.25) is 0 Å². The van der Waals surface area contributed by atoms with Crippen LogP contribution >= 0.6 is 0 Å². The number of para-hydroxylation sites is 1. The molecule has 1 saturated heterocycles. The van der Waals surface area contributed by atoms with Gasteiger partial charge in [0.15, 0.2) is 5.96 Å². The molecule has 1 aromatic rings. The van der Waals surface area contributed by atoms with Crippen molar-refractivity contribution in [1.29, 1.82) is 0 Å². The molecule has 0 aromatic heterocycles. The van der Waals surface area contributed by atoms with E-state index in [0.29, 0.717) is 6.54 Å². The Labute approximate surface area is 144 Å². The van der Waals surface area contributed by atoms with Crippen molar-refractivity contribution < 1.29 is 9.84 Å². The maximum atomic E-state index is 10.3. The topological polar surface area (TPSA) is 57.1 Å². The highest BCUT2D eigenvalue weighted by Crippen LogP contribution is 2.31. The van der Waals surface area contributed by atoms with Crippen molar-refractivity contribution in [2.45, 2.75) is 50.7 Å². The molecule has 24 heavy (non-hydrogen) atoms. The molecule has 2 N–H and O–H groups in total. The predicted octanol–water partition coefficient (Wildman–Crippen LogP) is 2.41. The van der Waals surface area contributed by atoms with Crippen LogP contribution in [0.1, 0.15) is 39.0 Å². The monoisotopic (exact) mass is 331 g/mol. The number of benzene rings is 1. The van der Waals surface area contributed by atoms with Crippen molar-refractivity contribution >= 4 is 5.96 Å². The van der Waals surface area contributed by atoms with Crippen LogP contribution in [0.4, 0.5) is 0 Å². The molecular weight excluding hydrogens is 302 g/mol. The molecule has 0 radical (unpaired) electrons. The van der Waals surface area contributed by atoms with Crippen LogP contribution in [0, 0.1) is 0 Å². The summed E-state index contributed by atoms with van der Waals surface area (Å²) < 4.78 is 6.06. The third kappa shape index (κ3) is 4.41. The fourth-order valence-corrected chi connectivity index (χ4v) is 3.27. The number of nitrogens with one attached hydrogen (secondary N) is 1. The van der Waals surface area contributed by atoms with Gasteiger partial charge in [-0.15, -0.1) is 0 Å². The lowest BCUT2D eigenvalue weighted by Crippen LogP contribution is -2.48. The fraction of sp³-hybridized carbons (Fsp3) is 0.632. The first kappa shape index (κ1) is 17.1. The van der Waals surface area contributed by atoms with Gasteiger partial charge in [-0.3, -0.25) is 4.99 Å². The second kappa shape index (κ2) is 7.88. The van der Waals surface area contributed by atoms with E-state index in [9.17, 15) is 5.11 Å². The molecule has 0 bridgehead atoms. The van der Waals surface area contributed by atoms with Crippen LogP contribution in [-0.2, 0) is 0 Å². The second-order valence-corrected chi connectivity index (χ2v) is 6.87. The second-order valence-electron chi connectivity index (χ2n) is 6.87. The highest BCUT2D eigenvalue weighted by molar-refractivity contribution is 5.80. The Balaban J connectivity index is 1.52. The van der Waals surface area contributed by atoms with E-state index in [1.54, 1.807) is 0 Å². The summed E-state index contributed by atoms with van der Waals surface area (Å²) in [6, 6.07) is 10.0. The molecule has 3 rings (SSSR count). The van der Waals surface area contributed by atoms with Gasteiger partial charge in [0.25, 0.3) is 0 Å². The predicted molar refractivity (Wildman–Crippen MR) is 96.4 cm³/mol. The van der Waals surface area contributed by atoms with Crippen molar-refractivity contribution in [2.75, 3.05) is 26.2 Å². The Morgan fingerprint density at radius 2 is 2.00 bits per heavy atom. The van der Waals surface area contributed by atoms with E-state index in [4.69, 9.17) is 4.74 Å². The van der Waals surface area contributed by atoms with Crippen LogP contribution in [0.15, 0.2) is 35.3 Å². The first-order valence-electron chi connectivity index (χ1n) is 9.16. The largest absolute Gasteiger partial charge is 0.490 e. The van der Waals surface area contributed by atoms with Gasteiger partial charge in [0, 0.05) is 32.5 Å². The molecule has 5 heteroatoms. The Hall–Kier alpha value is -1.75. The molecule has 2 aliphatic rings. The molecule has 132 valence electrons. The summed E-state index contributed by atoms with van der Waals surface area (Å²) in [5.41, 5.74) is -0.560. The smallest absolute Gasteiger partial charge is 0.194 e. The van der Waals surface area contributed by atoms with Crippen LogP contribution in [-0.4, -0.2) is 53.9 Å². The molecule has 1 aliphatic heterocycles. The highest BCUT2D eigenvalue weighted by Gasteiger charge is 2.34. The summed E-state index contributed by atoms with van der Waals surface area (Å²) in [6.45, 7) is 5.30. The number of piperidine rings is 1. The van der Waals surface area contributed by atoms with Crippen molar-refractivity contribution in [2.24, 2.45) is 4.99 Å². The number of aliphatic imine (C=N–C) groups is 1. The zero-order valence-electron chi connectivity index (χ0n) is 14.6. The quantitative estimate of drug-likeness (QED) is 0.643. The zero-order valence-corrected chi connectivity index (χ0v) is 14.6. The molecule has 2 fully saturated rings. The molecule has 0 unspecified atom stereocenters. The van der Waals surface area contributed by atoms with Crippen molar-refractivity contribution in [1.82, 2.24) is 10.2 Å². The summed E-state index contributed by atoms with van der Waals surface area (Å²) in [7, 11) is 0. The molecule has 1 heterocycles. The molecule has 5 nitrogen and oxygen atoms in total. The van der Waals surface area contributed by atoms with Crippen LogP contribution in [0.25, 0.3) is 0 Å². The van der Waals surface area contributed by atoms with Gasteiger partial charge >= 0.3 is 0 Å². The van der Waals surface area contributed by atoms with E-state index in [1.165, 1.54) is 0 Å². The molecule has 1 saturated carbocycles. The van der Waals surface area contributed by atoms with Crippen molar-refractivity contribution in [3.63, 3.8) is 0 Å². The van der Waals surface area contributed by atoms with Gasteiger partial charge in [-0.05, 0) is 38.3 Å². The number of guanidine groups is 1. The summed E-state index contributed by atoms with van der Waals surface area (Å²) >= 11 is 0. The van der Waals surface area contributed by atoms with Crippen LogP contribution < -0.4 is 10.1 Å². The molecule has 1 aromatic carbocycles. The van der Waals surface area contributed by atoms with E-state index in [0.717, 1.165) is 63.4 Å². The van der Waals surface area contributed by atoms with Gasteiger partial charge in [0.05, 0.1) is 12.1 Å². The number of hydrogen-bond donors (Lipinski definition) is 2. The zero-order chi connectivity index (χ0) is 16.8. The average molecular weight is 331 g/mol. The molecular formula is C19H29N3O2. The van der Waals surface area contributed by atoms with E-state index >= 15 is 0 Å². The lowest BCUT2D eigenvalue weighted by Gasteiger charge is -2.37. The van der Waals surface area contributed by atoms with E-state index in [2.05, 4.69) is 22.1 Å². The lowest BCUT2D eigenvalue weighted by molar-refractivity contribution is -0.0238. The van der Waals surface area contributed by atoms with Crippen molar-refractivity contribution in [3.05, 3.63) is 30.3 Å². The Bertz CT molecular complexity index is 535. The third-order valence-electron chi connectivity index (χ3n) is 4.93. The number of ether oxygens (including phenoxy) is 1. The van der Waals surface area contributed by atoms with E-state index in [-0.39, 0.29) is 6.10 Å². The first-order valence-corrected chi connectivity index (χ1v) is 9.16. The van der Waals surface area contributed by atoms with Crippen LogP contribution in [0.5, 0.6) is 5.75 Å². The van der Waals surface area contributed by atoms with E-state index < -0.39 is 5.60 Å². The molecule has 0 amide bonds. The van der Waals surface area contributed by atoms with Gasteiger partial charge in [-0.2, -0.15) is 0 Å². The summed E-state index contributed by atoms with van der Waals surface area (Å²) in [4.78, 5) is 6.97. The molecule has 1 aliphatic carbocycles. The minimum absolute atomic E-state index is 0.266. The fourth-order valence-electron chi connectivity index (χ4n) is 3.27. The third-order valence-corrected chi connectivity index (χ3v) is 4.93. The summed E-state index contributed by atoms with van der Waals surface area (Å²) in [5, 5.41) is 13.6. The van der Waals surface area contributed by atoms with Gasteiger partial charge < -0.3 is 20.1 Å². The Morgan fingerprint density at radius 3 is 2.58 bits per heavy atom. The molecule has 0 spiro atoms. The number of nitrogens with zero attached hydrogens (tertiary/aromatic N) is 2. The average Bonchev–Trinajstić information content (AvgIpc) is 2.59. The van der Waals surface area contributed by atoms with Gasteiger partial charge in [0.2, 0.25) is 0 Å². The minimum Gasteiger partial charge on any atom is -0.490 e. The Morgan fingerprint density at radius 1 is 1.29 bits per heavy atom. The van der Waals surface area contributed by atoms with Crippen molar-refractivity contribution in [3.8, 4) is 5.75 Å². The summed E-state index contributed by atoms with van der Waals surface area (Å²) in [5.74, 6) is 1.87. The number of rotatable bonds is 5. The van der Waals surface area contributed by atoms with E-state index in [1.807, 2.05) is 30.3 Å². The maximum absolute atomic E-state index is 10.3. The SMILES string of the molecule is CCNC(=NCC1(O)CCC1)N1CCC(Oc2ccccc2)CC1. The minimum atomic E-state index is -0.560. The normalized spacial score (nSPS) is 21.2. The van der Waals surface area contributed by atoms with Gasteiger partial charge in [0.1, 0.15) is 11.9 Å². The maximum Gasteiger partial charge on any atom is 0.194 e. The standard InChI is InChI=1S/C19H29N3O2/c1-2-20-18(21-15-19(23)11-6-12-19)22-13-9-17(10-14-22)24-16-7-4-3-5-8-16/h3-5,7-8,17,23H,2,6,9-15H2,1H3,(H,20,21). The van der Waals surface area contributed by atoms with Gasteiger partial charge in [-0.1, -0.05) is 18.2 Å².